The van der Waals surface area contributed by atoms with Crippen LogP contribution in [0.4, 0.5) is 4.79 Å². The summed E-state index contributed by atoms with van der Waals surface area (Å²) in [6, 6.07) is 11.7. The highest BCUT2D eigenvalue weighted by molar-refractivity contribution is 5.95. The van der Waals surface area contributed by atoms with Crippen molar-refractivity contribution in [2.75, 3.05) is 19.6 Å². The molecule has 29 heavy (non-hydrogen) atoms. The highest BCUT2D eigenvalue weighted by Gasteiger charge is 2.45. The summed E-state index contributed by atoms with van der Waals surface area (Å²) in [5.74, 6) is 0.199. The maximum absolute atomic E-state index is 13.1. The van der Waals surface area contributed by atoms with Gasteiger partial charge in [-0.1, -0.05) is 30.3 Å². The Morgan fingerprint density at radius 3 is 2.69 bits per heavy atom. The number of hydrogen-bond acceptors (Lipinski definition) is 5. The summed E-state index contributed by atoms with van der Waals surface area (Å²) in [5, 5.41) is 2.66. The maximum atomic E-state index is 13.1. The Balaban J connectivity index is 1.50. The topological polar surface area (TPSA) is 88.9 Å². The highest BCUT2D eigenvalue weighted by atomic mass is 16.6. The van der Waals surface area contributed by atoms with E-state index in [1.54, 1.807) is 17.9 Å². The van der Waals surface area contributed by atoms with Crippen molar-refractivity contribution in [3.8, 4) is 0 Å². The maximum Gasteiger partial charge on any atom is 0.407 e. The van der Waals surface area contributed by atoms with E-state index in [9.17, 15) is 14.4 Å². The third kappa shape index (κ3) is 4.04. The third-order valence-electron chi connectivity index (χ3n) is 5.61. The average Bonchev–Trinajstić information content (AvgIpc) is 3.06. The first kappa shape index (κ1) is 19.2. The van der Waals surface area contributed by atoms with Crippen LogP contribution < -0.4 is 10.9 Å². The highest BCUT2D eigenvalue weighted by Crippen LogP contribution is 2.29. The van der Waals surface area contributed by atoms with Crippen molar-refractivity contribution < 1.29 is 18.7 Å². The Hall–Kier alpha value is -3.09. The third-order valence-corrected chi connectivity index (χ3v) is 5.61. The molecule has 2 aliphatic rings. The number of carbonyl (C=O) groups excluding carboxylic acids is 2. The monoisotopic (exact) mass is 396 g/mol. The smallest absolute Gasteiger partial charge is 0.407 e. The number of likely N-dealkylation sites (tertiary alicyclic amines) is 1. The van der Waals surface area contributed by atoms with Crippen LogP contribution in [0.3, 0.4) is 0 Å². The fraction of sp³-hybridized carbons (Fsp3) is 0.409. The zero-order chi connectivity index (χ0) is 20.4. The van der Waals surface area contributed by atoms with E-state index in [-0.39, 0.29) is 18.0 Å². The van der Waals surface area contributed by atoms with Crippen molar-refractivity contribution in [2.45, 2.75) is 38.2 Å². The van der Waals surface area contributed by atoms with Gasteiger partial charge in [-0.3, -0.25) is 4.79 Å². The van der Waals surface area contributed by atoms with E-state index in [4.69, 9.17) is 9.15 Å². The van der Waals surface area contributed by atoms with Gasteiger partial charge >= 0.3 is 11.7 Å². The molecule has 152 valence electrons. The predicted molar refractivity (Wildman–Crippen MR) is 106 cm³/mol. The van der Waals surface area contributed by atoms with Crippen molar-refractivity contribution in [1.29, 1.82) is 0 Å². The Morgan fingerprint density at radius 1 is 1.21 bits per heavy atom. The van der Waals surface area contributed by atoms with Gasteiger partial charge in [0.1, 0.15) is 16.9 Å². The van der Waals surface area contributed by atoms with E-state index in [1.165, 1.54) is 0 Å². The van der Waals surface area contributed by atoms with Gasteiger partial charge in [0.2, 0.25) is 0 Å². The molecule has 1 atom stereocenters. The Bertz CT molecular complexity index is 984. The van der Waals surface area contributed by atoms with E-state index in [0.29, 0.717) is 43.7 Å². The Morgan fingerprint density at radius 2 is 2.00 bits per heavy atom. The van der Waals surface area contributed by atoms with Crippen LogP contribution in [0.25, 0.3) is 0 Å². The number of hydrogen-bond donors (Lipinski definition) is 1. The molecule has 3 heterocycles. The van der Waals surface area contributed by atoms with E-state index in [2.05, 4.69) is 5.32 Å². The molecule has 2 fully saturated rings. The number of benzene rings is 1. The molecule has 1 aromatic carbocycles. The van der Waals surface area contributed by atoms with Crippen molar-refractivity contribution in [1.82, 2.24) is 10.2 Å². The standard InChI is InChI=1S/C22H24N2O5/c1-15-12-17(9-8-16-6-3-2-4-7-16)28-20(26)18(15)19(25)24-11-5-10-22(14-24)13-23-21(27)29-22/h2-4,6-7,12H,5,8-11,13-14H2,1H3,(H,23,27). The van der Waals surface area contributed by atoms with Gasteiger partial charge in [0.05, 0.1) is 13.1 Å². The van der Waals surface area contributed by atoms with Crippen LogP contribution in [0.15, 0.2) is 45.6 Å². The summed E-state index contributed by atoms with van der Waals surface area (Å²) in [6.07, 6.45) is 2.28. The van der Waals surface area contributed by atoms with E-state index >= 15 is 0 Å². The average molecular weight is 396 g/mol. The van der Waals surface area contributed by atoms with Crippen molar-refractivity contribution in [3.63, 3.8) is 0 Å². The normalized spacial score (nSPS) is 21.1. The molecule has 7 nitrogen and oxygen atoms in total. The predicted octanol–water partition coefficient (Wildman–Crippen LogP) is 2.45. The van der Waals surface area contributed by atoms with Crippen LogP contribution in [0.5, 0.6) is 0 Å². The van der Waals surface area contributed by atoms with Gasteiger partial charge in [-0.25, -0.2) is 9.59 Å². The second kappa shape index (κ2) is 7.73. The number of piperidine rings is 1. The number of alkyl carbamates (subject to hydrolysis) is 1. The van der Waals surface area contributed by atoms with Crippen LogP contribution in [-0.2, 0) is 17.6 Å². The second-order valence-electron chi connectivity index (χ2n) is 7.80. The quantitative estimate of drug-likeness (QED) is 0.858. The number of nitrogens with zero attached hydrogens (tertiary/aromatic N) is 1. The Kier molecular flexibility index (Phi) is 5.13. The minimum atomic E-state index is -0.700. The Labute approximate surface area is 168 Å². The van der Waals surface area contributed by atoms with Crippen molar-refractivity contribution in [2.24, 2.45) is 0 Å². The SMILES string of the molecule is Cc1cc(CCc2ccccc2)oc(=O)c1C(=O)N1CCCC2(CNC(=O)O2)C1. The minimum Gasteiger partial charge on any atom is -0.439 e. The summed E-state index contributed by atoms with van der Waals surface area (Å²) in [4.78, 5) is 38.7. The summed E-state index contributed by atoms with van der Waals surface area (Å²) >= 11 is 0. The number of amides is 2. The largest absolute Gasteiger partial charge is 0.439 e. The molecule has 1 aromatic heterocycles. The molecule has 2 saturated heterocycles. The molecule has 7 heteroatoms. The van der Waals surface area contributed by atoms with Crippen LogP contribution >= 0.6 is 0 Å². The van der Waals surface area contributed by atoms with E-state index < -0.39 is 17.3 Å². The molecule has 0 bridgehead atoms. The summed E-state index contributed by atoms with van der Waals surface area (Å²) in [5.41, 5.74) is 0.512. The van der Waals surface area contributed by atoms with Gasteiger partial charge in [0, 0.05) is 13.0 Å². The van der Waals surface area contributed by atoms with E-state index in [1.807, 2.05) is 30.3 Å². The molecule has 0 aliphatic carbocycles. The molecular weight excluding hydrogens is 372 g/mol. The number of nitrogens with one attached hydrogen (secondary N) is 1. The lowest BCUT2D eigenvalue weighted by molar-refractivity contribution is -0.00524. The molecule has 4 rings (SSSR count). The van der Waals surface area contributed by atoms with E-state index in [0.717, 1.165) is 12.0 Å². The number of rotatable bonds is 4. The van der Waals surface area contributed by atoms with Gasteiger partial charge in [-0.2, -0.15) is 0 Å². The first-order valence-electron chi connectivity index (χ1n) is 9.89. The summed E-state index contributed by atoms with van der Waals surface area (Å²) in [6.45, 7) is 2.93. The number of ether oxygens (including phenoxy) is 1. The summed E-state index contributed by atoms with van der Waals surface area (Å²) < 4.78 is 10.9. The molecule has 2 aliphatic heterocycles. The zero-order valence-electron chi connectivity index (χ0n) is 16.4. The molecule has 2 aromatic rings. The zero-order valence-corrected chi connectivity index (χ0v) is 16.4. The molecule has 1 unspecified atom stereocenters. The lowest BCUT2D eigenvalue weighted by Gasteiger charge is -2.38. The van der Waals surface area contributed by atoms with Crippen LogP contribution in [0.1, 0.15) is 40.1 Å². The summed E-state index contributed by atoms with van der Waals surface area (Å²) in [7, 11) is 0. The molecule has 2 amide bonds. The minimum absolute atomic E-state index is 0.0581. The molecule has 1 N–H and O–H groups in total. The first-order chi connectivity index (χ1) is 14.0. The van der Waals surface area contributed by atoms with Gasteiger partial charge in [0.15, 0.2) is 0 Å². The van der Waals surface area contributed by atoms with Crippen molar-refractivity contribution >= 4 is 12.0 Å². The lowest BCUT2D eigenvalue weighted by atomic mass is 9.92. The molecule has 1 spiro atoms. The molecular formula is C22H24N2O5. The first-order valence-corrected chi connectivity index (χ1v) is 9.89. The molecule has 0 saturated carbocycles. The lowest BCUT2D eigenvalue weighted by Crippen LogP contribution is -2.53. The van der Waals surface area contributed by atoms with Gasteiger partial charge in [-0.15, -0.1) is 0 Å². The fourth-order valence-electron chi connectivity index (χ4n) is 4.12. The van der Waals surface area contributed by atoms with Crippen molar-refractivity contribution in [3.05, 3.63) is 69.3 Å². The number of aryl methyl sites for hydroxylation is 3. The van der Waals surface area contributed by atoms with Gasteiger partial charge < -0.3 is 19.4 Å². The van der Waals surface area contributed by atoms with Gasteiger partial charge in [-0.05, 0) is 43.4 Å². The van der Waals surface area contributed by atoms with Crippen LogP contribution in [0.2, 0.25) is 0 Å². The fourth-order valence-corrected chi connectivity index (χ4v) is 4.12. The van der Waals surface area contributed by atoms with Gasteiger partial charge in [0.25, 0.3) is 5.91 Å². The van der Waals surface area contributed by atoms with Crippen LogP contribution in [0, 0.1) is 6.92 Å². The second-order valence-corrected chi connectivity index (χ2v) is 7.80. The number of carbonyl (C=O) groups is 2. The molecule has 0 radical (unpaired) electrons. The van der Waals surface area contributed by atoms with Crippen LogP contribution in [-0.4, -0.2) is 42.1 Å².